The van der Waals surface area contributed by atoms with E-state index in [1.807, 2.05) is 48.5 Å². The van der Waals surface area contributed by atoms with E-state index in [0.29, 0.717) is 29.4 Å². The lowest BCUT2D eigenvalue weighted by Crippen LogP contribution is -1.98. The summed E-state index contributed by atoms with van der Waals surface area (Å²) >= 11 is 0. The molecule has 0 saturated heterocycles. The molecule has 6 nitrogen and oxygen atoms in total. The molecule has 0 aliphatic carbocycles. The van der Waals surface area contributed by atoms with Gasteiger partial charge in [-0.1, -0.05) is 36.4 Å². The maximum absolute atomic E-state index is 11.1. The van der Waals surface area contributed by atoms with E-state index in [4.69, 9.17) is 19.7 Å². The van der Waals surface area contributed by atoms with Gasteiger partial charge in [-0.3, -0.25) is 0 Å². The van der Waals surface area contributed by atoms with E-state index in [-0.39, 0.29) is 11.1 Å². The molecule has 0 amide bonds. The highest BCUT2D eigenvalue weighted by molar-refractivity contribution is 5.88. The van der Waals surface area contributed by atoms with Gasteiger partial charge in [0.15, 0.2) is 0 Å². The fourth-order valence-electron chi connectivity index (χ4n) is 3.29. The number of rotatable bonds is 8. The second-order valence-corrected chi connectivity index (χ2v) is 7.26. The smallest absolute Gasteiger partial charge is 0.335 e. The van der Waals surface area contributed by atoms with E-state index in [1.54, 1.807) is 24.3 Å². The van der Waals surface area contributed by atoms with Crippen LogP contribution >= 0.6 is 0 Å². The highest BCUT2D eigenvalue weighted by Crippen LogP contribution is 2.32. The van der Waals surface area contributed by atoms with Crippen molar-refractivity contribution in [3.63, 3.8) is 0 Å². The van der Waals surface area contributed by atoms with E-state index < -0.39 is 11.9 Å². The van der Waals surface area contributed by atoms with E-state index in [2.05, 4.69) is 0 Å². The Hall–Kier alpha value is -4.58. The van der Waals surface area contributed by atoms with Crippen molar-refractivity contribution in [3.8, 4) is 23.0 Å². The van der Waals surface area contributed by atoms with Gasteiger partial charge < -0.3 is 19.7 Å². The first-order valence-corrected chi connectivity index (χ1v) is 10.2. The molecule has 0 spiro atoms. The van der Waals surface area contributed by atoms with Gasteiger partial charge in [-0.15, -0.1) is 0 Å². The number of aromatic carboxylic acids is 2. The van der Waals surface area contributed by atoms with Crippen molar-refractivity contribution in [3.05, 3.63) is 119 Å². The van der Waals surface area contributed by atoms with E-state index in [9.17, 15) is 9.59 Å². The molecule has 0 heterocycles. The zero-order chi connectivity index (χ0) is 23.2. The van der Waals surface area contributed by atoms with Crippen molar-refractivity contribution in [2.24, 2.45) is 0 Å². The van der Waals surface area contributed by atoms with Crippen molar-refractivity contribution >= 4 is 11.9 Å². The van der Waals surface area contributed by atoms with Crippen molar-refractivity contribution in [2.75, 3.05) is 0 Å². The third kappa shape index (κ3) is 5.37. The summed E-state index contributed by atoms with van der Waals surface area (Å²) in [5, 5.41) is 18.1. The molecular weight excluding hydrogens is 420 g/mol. The van der Waals surface area contributed by atoms with Crippen LogP contribution in [0, 0.1) is 0 Å². The summed E-state index contributed by atoms with van der Waals surface area (Å²) in [6.07, 6.45) is 0.534. The van der Waals surface area contributed by atoms with Gasteiger partial charge >= 0.3 is 11.9 Å². The maximum atomic E-state index is 11.1. The number of para-hydroxylation sites is 2. The molecule has 0 fully saturated rings. The number of carboxylic acid groups (broad SMARTS) is 2. The summed E-state index contributed by atoms with van der Waals surface area (Å²) in [6.45, 7) is 0. The highest BCUT2D eigenvalue weighted by atomic mass is 16.5. The molecule has 0 atom stereocenters. The fourth-order valence-corrected chi connectivity index (χ4v) is 3.29. The van der Waals surface area contributed by atoms with Gasteiger partial charge in [0.05, 0.1) is 11.1 Å². The van der Waals surface area contributed by atoms with Crippen LogP contribution < -0.4 is 9.47 Å². The lowest BCUT2D eigenvalue weighted by Gasteiger charge is -2.14. The maximum Gasteiger partial charge on any atom is 0.335 e. The highest BCUT2D eigenvalue weighted by Gasteiger charge is 2.11. The third-order valence-corrected chi connectivity index (χ3v) is 4.98. The van der Waals surface area contributed by atoms with Crippen LogP contribution in [0.5, 0.6) is 23.0 Å². The van der Waals surface area contributed by atoms with Gasteiger partial charge in [-0.2, -0.15) is 0 Å². The summed E-state index contributed by atoms with van der Waals surface area (Å²) in [4.78, 5) is 22.1. The van der Waals surface area contributed by atoms with Crippen molar-refractivity contribution < 1.29 is 29.3 Å². The second kappa shape index (κ2) is 9.70. The van der Waals surface area contributed by atoms with Gasteiger partial charge in [0.2, 0.25) is 0 Å². The Kier molecular flexibility index (Phi) is 6.36. The molecule has 4 rings (SSSR count). The molecule has 2 N–H and O–H groups in total. The van der Waals surface area contributed by atoms with Gasteiger partial charge in [-0.25, -0.2) is 9.59 Å². The quantitative estimate of drug-likeness (QED) is 0.336. The van der Waals surface area contributed by atoms with E-state index in [0.717, 1.165) is 11.1 Å². The molecule has 0 aliphatic heterocycles. The molecule has 0 aromatic heterocycles. The summed E-state index contributed by atoms with van der Waals surface area (Å²) < 4.78 is 12.0. The molecule has 0 unspecified atom stereocenters. The van der Waals surface area contributed by atoms with Gasteiger partial charge in [-0.05, 0) is 71.8 Å². The predicted octanol–water partition coefficient (Wildman–Crippen LogP) is 6.26. The standard InChI is InChI=1S/C27H20O6/c28-26(29)18-9-13-22(14-10-18)32-24-7-3-1-5-20(24)17-21-6-2-4-8-25(21)33-23-15-11-19(12-16-23)27(30)31/h1-16H,17H2,(H,28,29)(H,30,31). The topological polar surface area (TPSA) is 93.1 Å². The van der Waals surface area contributed by atoms with Crippen molar-refractivity contribution in [1.82, 2.24) is 0 Å². The molecule has 0 bridgehead atoms. The van der Waals surface area contributed by atoms with Crippen LogP contribution in [-0.2, 0) is 6.42 Å². The van der Waals surface area contributed by atoms with E-state index in [1.165, 1.54) is 24.3 Å². The van der Waals surface area contributed by atoms with Crippen LogP contribution in [0.1, 0.15) is 31.8 Å². The number of carbonyl (C=O) groups is 2. The molecule has 4 aromatic carbocycles. The van der Waals surface area contributed by atoms with Crippen LogP contribution in [-0.4, -0.2) is 22.2 Å². The predicted molar refractivity (Wildman–Crippen MR) is 123 cm³/mol. The van der Waals surface area contributed by atoms with Crippen LogP contribution in [0.2, 0.25) is 0 Å². The number of ether oxygens (including phenoxy) is 2. The SMILES string of the molecule is O=C(O)c1ccc(Oc2ccccc2Cc2ccccc2Oc2ccc(C(=O)O)cc2)cc1. The van der Waals surface area contributed by atoms with Crippen molar-refractivity contribution in [1.29, 1.82) is 0 Å². The number of benzene rings is 4. The average Bonchev–Trinajstić information content (AvgIpc) is 2.82. The summed E-state index contributed by atoms with van der Waals surface area (Å²) in [5.74, 6) is 0.403. The third-order valence-electron chi connectivity index (χ3n) is 4.98. The fraction of sp³-hybridized carbons (Fsp3) is 0.0370. The Morgan fingerprint density at radius 2 is 0.909 bits per heavy atom. The Balaban J connectivity index is 1.55. The Labute approximate surface area is 190 Å². The minimum atomic E-state index is -0.990. The minimum Gasteiger partial charge on any atom is -0.478 e. The van der Waals surface area contributed by atoms with Crippen LogP contribution in [0.4, 0.5) is 0 Å². The zero-order valence-electron chi connectivity index (χ0n) is 17.5. The summed E-state index contributed by atoms with van der Waals surface area (Å²) in [6, 6.07) is 27.7. The number of hydrogen-bond donors (Lipinski definition) is 2. The summed E-state index contributed by atoms with van der Waals surface area (Å²) in [5.41, 5.74) is 2.24. The molecule has 33 heavy (non-hydrogen) atoms. The van der Waals surface area contributed by atoms with Crippen LogP contribution in [0.3, 0.4) is 0 Å². The average molecular weight is 440 g/mol. The second-order valence-electron chi connectivity index (χ2n) is 7.26. The van der Waals surface area contributed by atoms with Crippen molar-refractivity contribution in [2.45, 2.75) is 6.42 Å². The van der Waals surface area contributed by atoms with E-state index >= 15 is 0 Å². The normalized spacial score (nSPS) is 10.4. The molecule has 4 aromatic rings. The van der Waals surface area contributed by atoms with Gasteiger partial charge in [0, 0.05) is 6.42 Å². The molecular formula is C27H20O6. The minimum absolute atomic E-state index is 0.193. The van der Waals surface area contributed by atoms with Gasteiger partial charge in [0.1, 0.15) is 23.0 Å². The molecule has 164 valence electrons. The first-order chi connectivity index (χ1) is 16.0. The Morgan fingerprint density at radius 1 is 0.545 bits per heavy atom. The Bertz CT molecular complexity index is 1180. The molecule has 0 saturated carbocycles. The number of hydrogen-bond acceptors (Lipinski definition) is 4. The van der Waals surface area contributed by atoms with Crippen LogP contribution in [0.25, 0.3) is 0 Å². The first-order valence-electron chi connectivity index (χ1n) is 10.2. The van der Waals surface area contributed by atoms with Gasteiger partial charge in [0.25, 0.3) is 0 Å². The largest absolute Gasteiger partial charge is 0.478 e. The van der Waals surface area contributed by atoms with Crippen LogP contribution in [0.15, 0.2) is 97.1 Å². The monoisotopic (exact) mass is 440 g/mol. The lowest BCUT2D eigenvalue weighted by atomic mass is 10.0. The summed E-state index contributed by atoms with van der Waals surface area (Å²) in [7, 11) is 0. The molecule has 0 radical (unpaired) electrons. The molecule has 0 aliphatic rings. The lowest BCUT2D eigenvalue weighted by molar-refractivity contribution is 0.0686. The zero-order valence-corrected chi connectivity index (χ0v) is 17.5. The molecule has 6 heteroatoms. The first kappa shape index (κ1) is 21.6. The number of carboxylic acids is 2. The Morgan fingerprint density at radius 3 is 1.27 bits per heavy atom.